The van der Waals surface area contributed by atoms with Gasteiger partial charge in [-0.05, 0) is 37.6 Å². The van der Waals surface area contributed by atoms with E-state index in [9.17, 15) is 9.18 Å². The van der Waals surface area contributed by atoms with E-state index in [1.807, 2.05) is 12.3 Å². The van der Waals surface area contributed by atoms with Gasteiger partial charge in [0.2, 0.25) is 0 Å². The van der Waals surface area contributed by atoms with Crippen LogP contribution in [-0.2, 0) is 6.54 Å². The number of nitrogens with one attached hydrogen (secondary N) is 1. The molecule has 2 aromatic rings. The molecule has 1 aliphatic heterocycles. The van der Waals surface area contributed by atoms with Crippen molar-refractivity contribution in [3.05, 3.63) is 58.1 Å². The zero-order chi connectivity index (χ0) is 18.0. The Balaban J connectivity index is 1.76. The highest BCUT2D eigenvalue weighted by molar-refractivity contribution is 6.31. The summed E-state index contributed by atoms with van der Waals surface area (Å²) in [5.74, 6) is -0.0308. The molecule has 1 aromatic carbocycles. The average Bonchev–Trinajstić information content (AvgIpc) is 3.07. The molecule has 1 aliphatic rings. The molecule has 0 saturated carbocycles. The van der Waals surface area contributed by atoms with E-state index in [0.29, 0.717) is 17.1 Å². The Morgan fingerprint density at radius 2 is 2.20 bits per heavy atom. The van der Waals surface area contributed by atoms with Crippen LogP contribution in [0.2, 0.25) is 5.02 Å². The minimum Gasteiger partial charge on any atom is -0.364 e. The molecule has 1 unspecified atom stereocenters. The van der Waals surface area contributed by atoms with Gasteiger partial charge in [0, 0.05) is 55.6 Å². The fraction of sp³-hybridized carbons (Fsp3) is 0.421. The molecule has 1 N–H and O–H groups in total. The first-order valence-corrected chi connectivity index (χ1v) is 8.89. The maximum Gasteiger partial charge on any atom is 0.255 e. The van der Waals surface area contributed by atoms with Crippen molar-refractivity contribution in [1.29, 1.82) is 0 Å². The van der Waals surface area contributed by atoms with Gasteiger partial charge in [0.1, 0.15) is 5.82 Å². The minimum absolute atomic E-state index is 0.00511. The van der Waals surface area contributed by atoms with Crippen LogP contribution in [0.25, 0.3) is 0 Å². The lowest BCUT2D eigenvalue weighted by molar-refractivity contribution is 0.0825. The lowest BCUT2D eigenvalue weighted by Crippen LogP contribution is -2.35. The van der Waals surface area contributed by atoms with Crippen molar-refractivity contribution in [3.8, 4) is 0 Å². The van der Waals surface area contributed by atoms with E-state index in [-0.39, 0.29) is 17.6 Å². The molecule has 1 saturated heterocycles. The van der Waals surface area contributed by atoms with Crippen LogP contribution in [0.3, 0.4) is 0 Å². The number of carbonyl (C=O) groups is 1. The second-order valence-corrected chi connectivity index (χ2v) is 7.19. The summed E-state index contributed by atoms with van der Waals surface area (Å²) in [6.45, 7) is 2.16. The molecular formula is C19H23ClFN3O. The van der Waals surface area contributed by atoms with Crippen molar-refractivity contribution in [3.63, 3.8) is 0 Å². The Hall–Kier alpha value is -1.85. The highest BCUT2D eigenvalue weighted by Crippen LogP contribution is 2.30. The van der Waals surface area contributed by atoms with Gasteiger partial charge >= 0.3 is 0 Å². The molecule has 3 rings (SSSR count). The first-order valence-electron chi connectivity index (χ1n) is 8.51. The summed E-state index contributed by atoms with van der Waals surface area (Å²) >= 11 is 6.16. The summed E-state index contributed by atoms with van der Waals surface area (Å²) in [6.07, 6.45) is 3.83. The molecule has 6 heteroatoms. The Labute approximate surface area is 152 Å². The summed E-state index contributed by atoms with van der Waals surface area (Å²) in [6, 6.07) is 6.63. The lowest BCUT2D eigenvalue weighted by atomic mass is 9.92. The van der Waals surface area contributed by atoms with E-state index in [1.165, 1.54) is 6.07 Å². The first-order chi connectivity index (χ1) is 12.0. The summed E-state index contributed by atoms with van der Waals surface area (Å²) in [4.78, 5) is 19.4. The van der Waals surface area contributed by atoms with Gasteiger partial charge in [-0.25, -0.2) is 4.39 Å². The highest BCUT2D eigenvalue weighted by Gasteiger charge is 2.27. The van der Waals surface area contributed by atoms with Crippen molar-refractivity contribution >= 4 is 17.5 Å². The Bertz CT molecular complexity index is 739. The molecule has 1 amide bonds. The maximum atomic E-state index is 14.1. The number of halogens is 2. The normalized spacial score (nSPS) is 18.3. The van der Waals surface area contributed by atoms with Gasteiger partial charge in [0.05, 0.1) is 5.56 Å². The van der Waals surface area contributed by atoms with Gasteiger partial charge in [-0.3, -0.25) is 9.69 Å². The predicted octanol–water partition coefficient (Wildman–Crippen LogP) is 3.89. The van der Waals surface area contributed by atoms with Crippen molar-refractivity contribution in [2.45, 2.75) is 25.3 Å². The summed E-state index contributed by atoms with van der Waals surface area (Å²) in [5, 5.41) is 0.463. The Kier molecular flexibility index (Phi) is 5.45. The van der Waals surface area contributed by atoms with Gasteiger partial charge < -0.3 is 9.88 Å². The number of H-pyrrole nitrogens is 1. The van der Waals surface area contributed by atoms with Crippen LogP contribution in [0.5, 0.6) is 0 Å². The zero-order valence-corrected chi connectivity index (χ0v) is 15.3. The molecule has 2 heterocycles. The fourth-order valence-corrected chi connectivity index (χ4v) is 3.71. The Morgan fingerprint density at radius 1 is 1.40 bits per heavy atom. The van der Waals surface area contributed by atoms with Crippen molar-refractivity contribution in [2.75, 3.05) is 27.2 Å². The molecule has 1 aromatic heterocycles. The van der Waals surface area contributed by atoms with Crippen molar-refractivity contribution < 1.29 is 9.18 Å². The predicted molar refractivity (Wildman–Crippen MR) is 97.5 cm³/mol. The van der Waals surface area contributed by atoms with E-state index in [2.05, 4.69) is 9.88 Å². The van der Waals surface area contributed by atoms with Gasteiger partial charge in [-0.15, -0.1) is 0 Å². The van der Waals surface area contributed by atoms with E-state index in [0.717, 1.165) is 37.2 Å². The van der Waals surface area contributed by atoms with Crippen LogP contribution in [0, 0.1) is 5.82 Å². The summed E-state index contributed by atoms with van der Waals surface area (Å²) < 4.78 is 14.1. The Morgan fingerprint density at radius 3 is 2.92 bits per heavy atom. The number of rotatable bonds is 4. The number of carbonyl (C=O) groups excluding carboxylic acids is 1. The monoisotopic (exact) mass is 363 g/mol. The fourth-order valence-electron chi connectivity index (χ4n) is 3.49. The van der Waals surface area contributed by atoms with Gasteiger partial charge in [-0.1, -0.05) is 17.7 Å². The molecule has 25 heavy (non-hydrogen) atoms. The van der Waals surface area contributed by atoms with Crippen LogP contribution >= 0.6 is 11.6 Å². The second-order valence-electron chi connectivity index (χ2n) is 6.78. The molecule has 0 aliphatic carbocycles. The minimum atomic E-state index is -0.266. The first kappa shape index (κ1) is 18.0. The standard InChI is InChI=1S/C19H23ClFN3O/c1-23(2)19(25)14-8-9-22-18(14)13-5-4-10-24(11-13)12-15-16(20)6-3-7-17(15)21/h3,6-9,13,22H,4-5,10-12H2,1-2H3. The number of amides is 1. The van der Waals surface area contributed by atoms with E-state index in [1.54, 1.807) is 31.1 Å². The van der Waals surface area contributed by atoms with Gasteiger partial charge in [0.25, 0.3) is 5.91 Å². The summed E-state index contributed by atoms with van der Waals surface area (Å²) in [5.41, 5.74) is 2.24. The third-order valence-corrected chi connectivity index (χ3v) is 5.13. The van der Waals surface area contributed by atoms with Gasteiger partial charge in [-0.2, -0.15) is 0 Å². The topological polar surface area (TPSA) is 39.3 Å². The molecule has 0 spiro atoms. The second kappa shape index (κ2) is 7.58. The molecular weight excluding hydrogens is 341 g/mol. The molecule has 1 fully saturated rings. The number of aromatic amines is 1. The van der Waals surface area contributed by atoms with E-state index in [4.69, 9.17) is 11.6 Å². The number of hydrogen-bond acceptors (Lipinski definition) is 2. The third kappa shape index (κ3) is 3.88. The highest BCUT2D eigenvalue weighted by atomic mass is 35.5. The van der Waals surface area contributed by atoms with Crippen LogP contribution < -0.4 is 0 Å². The quantitative estimate of drug-likeness (QED) is 0.895. The third-order valence-electron chi connectivity index (χ3n) is 4.77. The molecule has 0 radical (unpaired) electrons. The number of nitrogens with zero attached hydrogens (tertiary/aromatic N) is 2. The maximum absolute atomic E-state index is 14.1. The van der Waals surface area contributed by atoms with Crippen LogP contribution in [0.1, 0.15) is 40.4 Å². The molecule has 1 atom stereocenters. The number of hydrogen-bond donors (Lipinski definition) is 1. The lowest BCUT2D eigenvalue weighted by Gasteiger charge is -2.33. The van der Waals surface area contributed by atoms with Gasteiger partial charge in [0.15, 0.2) is 0 Å². The van der Waals surface area contributed by atoms with Crippen molar-refractivity contribution in [2.24, 2.45) is 0 Å². The molecule has 4 nitrogen and oxygen atoms in total. The van der Waals surface area contributed by atoms with E-state index < -0.39 is 0 Å². The number of aromatic nitrogens is 1. The molecule has 134 valence electrons. The van der Waals surface area contributed by atoms with Crippen LogP contribution in [0.4, 0.5) is 4.39 Å². The molecule has 0 bridgehead atoms. The van der Waals surface area contributed by atoms with Crippen molar-refractivity contribution in [1.82, 2.24) is 14.8 Å². The number of benzene rings is 1. The smallest absolute Gasteiger partial charge is 0.255 e. The SMILES string of the molecule is CN(C)C(=O)c1cc[nH]c1C1CCCN(Cc2c(F)cccc2Cl)C1. The summed E-state index contributed by atoms with van der Waals surface area (Å²) in [7, 11) is 3.51. The number of likely N-dealkylation sites (tertiary alicyclic amines) is 1. The average molecular weight is 364 g/mol. The van der Waals surface area contributed by atoms with Crippen LogP contribution in [-0.4, -0.2) is 47.9 Å². The number of piperidine rings is 1. The van der Waals surface area contributed by atoms with E-state index >= 15 is 0 Å². The zero-order valence-electron chi connectivity index (χ0n) is 14.6. The van der Waals surface area contributed by atoms with Crippen LogP contribution in [0.15, 0.2) is 30.5 Å². The largest absolute Gasteiger partial charge is 0.364 e.